The molecule has 0 N–H and O–H groups in total. The lowest BCUT2D eigenvalue weighted by molar-refractivity contribution is -0.128. The summed E-state index contributed by atoms with van der Waals surface area (Å²) in [5.41, 5.74) is 1.65. The highest BCUT2D eigenvalue weighted by Crippen LogP contribution is 2.24. The summed E-state index contributed by atoms with van der Waals surface area (Å²) >= 11 is 7.30. The van der Waals surface area contributed by atoms with E-state index in [-0.39, 0.29) is 17.2 Å². The van der Waals surface area contributed by atoms with Crippen molar-refractivity contribution in [1.29, 1.82) is 0 Å². The molecule has 0 saturated carbocycles. The number of halogens is 2. The van der Waals surface area contributed by atoms with E-state index in [1.165, 1.54) is 28.5 Å². The predicted molar refractivity (Wildman–Crippen MR) is 138 cm³/mol. The minimum atomic E-state index is -0.452. The Labute approximate surface area is 210 Å². The first-order chi connectivity index (χ1) is 17.0. The number of para-hydroxylation sites is 1. The van der Waals surface area contributed by atoms with Crippen molar-refractivity contribution >= 4 is 45.9 Å². The van der Waals surface area contributed by atoms with Gasteiger partial charge in [0.2, 0.25) is 5.91 Å². The smallest absolute Gasteiger partial charge is 0.266 e. The largest absolute Gasteiger partial charge is 0.368 e. The van der Waals surface area contributed by atoms with E-state index in [0.717, 1.165) is 5.69 Å². The molecule has 178 valence electrons. The van der Waals surface area contributed by atoms with Crippen molar-refractivity contribution in [2.75, 3.05) is 36.8 Å². The van der Waals surface area contributed by atoms with E-state index < -0.39 is 5.82 Å². The highest BCUT2D eigenvalue weighted by molar-refractivity contribution is 7.99. The minimum absolute atomic E-state index is 0.0334. The Hall–Kier alpha value is -3.36. The summed E-state index contributed by atoms with van der Waals surface area (Å²) in [7, 11) is 0. The maximum Gasteiger partial charge on any atom is 0.266 e. The van der Waals surface area contributed by atoms with Gasteiger partial charge in [-0.05, 0) is 48.5 Å². The van der Waals surface area contributed by atoms with Crippen molar-refractivity contribution in [3.05, 3.63) is 94.0 Å². The van der Waals surface area contributed by atoms with Gasteiger partial charge in [-0.2, -0.15) is 0 Å². The van der Waals surface area contributed by atoms with Crippen LogP contribution in [0.3, 0.4) is 0 Å². The van der Waals surface area contributed by atoms with Crippen molar-refractivity contribution in [3.8, 4) is 5.69 Å². The number of aromatic nitrogens is 2. The van der Waals surface area contributed by atoms with Crippen LogP contribution >= 0.6 is 23.4 Å². The molecule has 1 saturated heterocycles. The molecule has 1 aliphatic heterocycles. The maximum absolute atomic E-state index is 13.9. The first-order valence-electron chi connectivity index (χ1n) is 11.2. The third-order valence-corrected chi connectivity index (χ3v) is 7.10. The lowest BCUT2D eigenvalue weighted by atomic mass is 10.2. The number of benzene rings is 3. The highest BCUT2D eigenvalue weighted by atomic mass is 35.5. The number of hydrogen-bond acceptors (Lipinski definition) is 5. The third kappa shape index (κ3) is 5.04. The Balaban J connectivity index is 1.34. The Bertz CT molecular complexity index is 1450. The van der Waals surface area contributed by atoms with Crippen LogP contribution in [-0.2, 0) is 4.79 Å². The van der Waals surface area contributed by atoms with Gasteiger partial charge in [0.25, 0.3) is 5.56 Å². The van der Waals surface area contributed by atoms with Gasteiger partial charge in [-0.15, -0.1) is 0 Å². The molecular weight excluding hydrogens is 487 g/mol. The van der Waals surface area contributed by atoms with Gasteiger partial charge in [0.05, 0.1) is 22.3 Å². The van der Waals surface area contributed by atoms with Crippen LogP contribution in [0.1, 0.15) is 0 Å². The minimum Gasteiger partial charge on any atom is -0.368 e. The third-order valence-electron chi connectivity index (χ3n) is 5.94. The molecule has 0 bridgehead atoms. The summed E-state index contributed by atoms with van der Waals surface area (Å²) in [6.45, 7) is 2.60. The van der Waals surface area contributed by atoms with Crippen molar-refractivity contribution in [2.45, 2.75) is 5.16 Å². The molecule has 3 aromatic carbocycles. The first kappa shape index (κ1) is 23.4. The number of carbonyl (C=O) groups is 1. The normalized spacial score (nSPS) is 13.9. The molecule has 1 aliphatic rings. The number of rotatable bonds is 5. The fraction of sp³-hybridized carbons (Fsp3) is 0.192. The van der Waals surface area contributed by atoms with Crippen LogP contribution in [-0.4, -0.2) is 52.3 Å². The maximum atomic E-state index is 13.9. The van der Waals surface area contributed by atoms with Gasteiger partial charge in [0.1, 0.15) is 5.82 Å². The van der Waals surface area contributed by atoms with E-state index >= 15 is 0 Å². The molecule has 9 heteroatoms. The summed E-state index contributed by atoms with van der Waals surface area (Å²) in [6.07, 6.45) is 0. The van der Waals surface area contributed by atoms with Gasteiger partial charge < -0.3 is 9.80 Å². The second kappa shape index (κ2) is 10.1. The Morgan fingerprint density at radius 1 is 0.943 bits per heavy atom. The fourth-order valence-corrected chi connectivity index (χ4v) is 5.26. The zero-order chi connectivity index (χ0) is 24.4. The average molecular weight is 509 g/mol. The van der Waals surface area contributed by atoms with Crippen LogP contribution < -0.4 is 10.5 Å². The molecule has 0 aliphatic carbocycles. The molecule has 2 heterocycles. The van der Waals surface area contributed by atoms with Gasteiger partial charge in [-0.1, -0.05) is 47.6 Å². The van der Waals surface area contributed by atoms with Crippen molar-refractivity contribution in [3.63, 3.8) is 0 Å². The van der Waals surface area contributed by atoms with Crippen LogP contribution in [0, 0.1) is 5.82 Å². The SMILES string of the molecule is O=C(CSc1nc2ccccc2c(=O)n1-c1cccc(F)c1)N1CCN(c2cccc(Cl)c2)CC1. The van der Waals surface area contributed by atoms with Gasteiger partial charge in [0.15, 0.2) is 5.16 Å². The summed E-state index contributed by atoms with van der Waals surface area (Å²) < 4.78 is 15.3. The van der Waals surface area contributed by atoms with E-state index in [1.54, 1.807) is 36.4 Å². The second-order valence-corrected chi connectivity index (χ2v) is 9.55. The molecule has 35 heavy (non-hydrogen) atoms. The number of hydrogen-bond donors (Lipinski definition) is 0. The quantitative estimate of drug-likeness (QED) is 0.291. The van der Waals surface area contributed by atoms with E-state index in [0.29, 0.717) is 52.9 Å². The molecule has 0 unspecified atom stereocenters. The van der Waals surface area contributed by atoms with E-state index in [2.05, 4.69) is 9.88 Å². The molecule has 0 atom stereocenters. The molecule has 1 amide bonds. The summed E-state index contributed by atoms with van der Waals surface area (Å²) in [5, 5.41) is 1.47. The number of anilines is 1. The predicted octanol–water partition coefficient (Wildman–Crippen LogP) is 4.62. The zero-order valence-electron chi connectivity index (χ0n) is 18.7. The topological polar surface area (TPSA) is 58.4 Å². The van der Waals surface area contributed by atoms with Crippen LogP contribution in [0.4, 0.5) is 10.1 Å². The average Bonchev–Trinajstić information content (AvgIpc) is 2.87. The standard InChI is InChI=1S/C26H22ClFN4O2S/c27-18-5-3-7-20(15-18)30-11-13-31(14-12-30)24(33)17-35-26-29-23-10-2-1-9-22(23)25(34)32(26)21-8-4-6-19(28)16-21/h1-10,15-16H,11-14,17H2. The van der Waals surface area contributed by atoms with E-state index in [1.807, 2.05) is 29.2 Å². The highest BCUT2D eigenvalue weighted by Gasteiger charge is 2.23. The number of carbonyl (C=O) groups excluding carboxylic acids is 1. The summed E-state index contributed by atoms with van der Waals surface area (Å²) in [5.74, 6) is -0.363. The zero-order valence-corrected chi connectivity index (χ0v) is 20.3. The molecule has 5 rings (SSSR count). The number of fused-ring (bicyclic) bond motifs is 1. The molecule has 4 aromatic rings. The molecule has 1 aromatic heterocycles. The molecule has 1 fully saturated rings. The second-order valence-electron chi connectivity index (χ2n) is 8.17. The summed E-state index contributed by atoms with van der Waals surface area (Å²) in [4.78, 5) is 34.9. The lowest BCUT2D eigenvalue weighted by Gasteiger charge is -2.36. The Morgan fingerprint density at radius 3 is 2.46 bits per heavy atom. The van der Waals surface area contributed by atoms with Crippen molar-refractivity contribution < 1.29 is 9.18 Å². The Kier molecular flexibility index (Phi) is 6.74. The van der Waals surface area contributed by atoms with Crippen LogP contribution in [0.2, 0.25) is 5.02 Å². The lowest BCUT2D eigenvalue weighted by Crippen LogP contribution is -2.49. The van der Waals surface area contributed by atoms with Crippen molar-refractivity contribution in [1.82, 2.24) is 14.5 Å². The van der Waals surface area contributed by atoms with Crippen LogP contribution in [0.15, 0.2) is 82.7 Å². The molecular formula is C26H22ClFN4O2S. The van der Waals surface area contributed by atoms with Crippen LogP contribution in [0.25, 0.3) is 16.6 Å². The Morgan fingerprint density at radius 2 is 1.69 bits per heavy atom. The number of amides is 1. The van der Waals surface area contributed by atoms with Crippen LogP contribution in [0.5, 0.6) is 0 Å². The van der Waals surface area contributed by atoms with Gasteiger partial charge in [0, 0.05) is 36.9 Å². The van der Waals surface area contributed by atoms with E-state index in [9.17, 15) is 14.0 Å². The molecule has 6 nitrogen and oxygen atoms in total. The number of thioether (sulfide) groups is 1. The van der Waals surface area contributed by atoms with Gasteiger partial charge >= 0.3 is 0 Å². The van der Waals surface area contributed by atoms with E-state index in [4.69, 9.17) is 11.6 Å². The van der Waals surface area contributed by atoms with Crippen molar-refractivity contribution in [2.24, 2.45) is 0 Å². The number of nitrogens with zero attached hydrogens (tertiary/aromatic N) is 4. The molecule has 0 radical (unpaired) electrons. The first-order valence-corrected chi connectivity index (χ1v) is 12.5. The number of piperazine rings is 1. The summed E-state index contributed by atoms with van der Waals surface area (Å²) in [6, 6.07) is 20.5. The van der Waals surface area contributed by atoms with Gasteiger partial charge in [-0.25, -0.2) is 9.37 Å². The fourth-order valence-electron chi connectivity index (χ4n) is 4.16. The molecule has 0 spiro atoms. The van der Waals surface area contributed by atoms with Gasteiger partial charge in [-0.3, -0.25) is 14.2 Å². The monoisotopic (exact) mass is 508 g/mol.